The second-order valence-corrected chi connectivity index (χ2v) is 6.18. The molecular weight excluding hydrogens is 296 g/mol. The molecule has 124 valence electrons. The van der Waals surface area contributed by atoms with E-state index in [9.17, 15) is 4.79 Å². The van der Waals surface area contributed by atoms with Gasteiger partial charge in [0.2, 0.25) is 11.8 Å². The molecule has 2 aromatic heterocycles. The van der Waals surface area contributed by atoms with Crippen LogP contribution in [0.4, 0.5) is 0 Å². The standard InChI is InChI=1S/C15H22N6O2/c1-11-17-14(23-18-11)8-15(22)20-10-13-4-6-16-21(13)7-5-12(20)9-19(2)3/h4,6,12H,5,7-10H2,1-3H3/t12-/m0/s1. The molecule has 0 unspecified atom stereocenters. The van der Waals surface area contributed by atoms with Gasteiger partial charge in [-0.05, 0) is 33.5 Å². The highest BCUT2D eigenvalue weighted by Gasteiger charge is 2.29. The number of hydrogen-bond acceptors (Lipinski definition) is 6. The molecule has 1 aliphatic heterocycles. The van der Waals surface area contributed by atoms with Gasteiger partial charge in [-0.15, -0.1) is 0 Å². The molecule has 0 saturated heterocycles. The third-order valence-electron chi connectivity index (χ3n) is 4.02. The highest BCUT2D eigenvalue weighted by atomic mass is 16.5. The molecule has 0 radical (unpaired) electrons. The smallest absolute Gasteiger partial charge is 0.236 e. The van der Waals surface area contributed by atoms with Crippen LogP contribution >= 0.6 is 0 Å². The molecule has 0 aliphatic carbocycles. The summed E-state index contributed by atoms with van der Waals surface area (Å²) in [7, 11) is 4.04. The predicted molar refractivity (Wildman–Crippen MR) is 82.5 cm³/mol. The average molecular weight is 318 g/mol. The lowest BCUT2D eigenvalue weighted by atomic mass is 10.1. The van der Waals surface area contributed by atoms with Crippen molar-refractivity contribution in [1.29, 1.82) is 0 Å². The highest BCUT2D eigenvalue weighted by Crippen LogP contribution is 2.19. The minimum Gasteiger partial charge on any atom is -0.339 e. The third-order valence-corrected chi connectivity index (χ3v) is 4.02. The van der Waals surface area contributed by atoms with Crippen molar-refractivity contribution in [2.45, 2.75) is 38.9 Å². The minimum atomic E-state index is 0.00940. The number of carbonyl (C=O) groups is 1. The number of aryl methyl sites for hydroxylation is 2. The van der Waals surface area contributed by atoms with E-state index >= 15 is 0 Å². The summed E-state index contributed by atoms with van der Waals surface area (Å²) in [6, 6.07) is 2.11. The molecule has 0 bridgehead atoms. The van der Waals surface area contributed by atoms with Gasteiger partial charge in [0, 0.05) is 25.3 Å². The summed E-state index contributed by atoms with van der Waals surface area (Å²) in [6.45, 7) is 3.95. The van der Waals surface area contributed by atoms with Gasteiger partial charge in [0.1, 0.15) is 6.42 Å². The zero-order valence-electron chi connectivity index (χ0n) is 13.8. The molecule has 0 spiro atoms. The molecule has 3 rings (SSSR count). The first-order valence-electron chi connectivity index (χ1n) is 7.77. The van der Waals surface area contributed by atoms with Gasteiger partial charge < -0.3 is 14.3 Å². The van der Waals surface area contributed by atoms with Crippen molar-refractivity contribution in [2.75, 3.05) is 20.6 Å². The van der Waals surface area contributed by atoms with Crippen molar-refractivity contribution in [3.05, 3.63) is 29.7 Å². The summed E-state index contributed by atoms with van der Waals surface area (Å²) >= 11 is 0. The first-order valence-corrected chi connectivity index (χ1v) is 7.77. The number of likely N-dealkylation sites (N-methyl/N-ethyl adjacent to an activating group) is 1. The van der Waals surface area contributed by atoms with E-state index in [2.05, 4.69) is 20.1 Å². The third kappa shape index (κ3) is 3.58. The van der Waals surface area contributed by atoms with Gasteiger partial charge in [0.25, 0.3) is 0 Å². The summed E-state index contributed by atoms with van der Waals surface area (Å²) in [5, 5.41) is 8.08. The Hall–Kier alpha value is -2.22. The highest BCUT2D eigenvalue weighted by molar-refractivity contribution is 5.78. The number of nitrogens with zero attached hydrogens (tertiary/aromatic N) is 6. The number of rotatable bonds is 4. The minimum absolute atomic E-state index is 0.00940. The van der Waals surface area contributed by atoms with Crippen LogP contribution in [0.1, 0.15) is 23.8 Å². The van der Waals surface area contributed by atoms with Gasteiger partial charge in [-0.2, -0.15) is 10.1 Å². The van der Waals surface area contributed by atoms with E-state index in [4.69, 9.17) is 4.52 Å². The molecule has 2 aromatic rings. The van der Waals surface area contributed by atoms with E-state index in [1.807, 2.05) is 29.7 Å². The Morgan fingerprint density at radius 1 is 1.48 bits per heavy atom. The van der Waals surface area contributed by atoms with Crippen LogP contribution in [0.5, 0.6) is 0 Å². The maximum absolute atomic E-state index is 12.8. The van der Waals surface area contributed by atoms with Crippen LogP contribution in [0.25, 0.3) is 0 Å². The number of aromatic nitrogens is 4. The lowest BCUT2D eigenvalue weighted by molar-refractivity contribution is -0.134. The van der Waals surface area contributed by atoms with Crippen molar-refractivity contribution < 1.29 is 9.32 Å². The second kappa shape index (κ2) is 6.49. The van der Waals surface area contributed by atoms with Gasteiger partial charge in [-0.3, -0.25) is 9.48 Å². The topological polar surface area (TPSA) is 80.3 Å². The zero-order valence-corrected chi connectivity index (χ0v) is 13.8. The normalized spacial score (nSPS) is 18.1. The maximum Gasteiger partial charge on any atom is 0.236 e. The van der Waals surface area contributed by atoms with E-state index < -0.39 is 0 Å². The molecule has 23 heavy (non-hydrogen) atoms. The molecule has 1 amide bonds. The van der Waals surface area contributed by atoms with Crippen LogP contribution < -0.4 is 0 Å². The van der Waals surface area contributed by atoms with E-state index in [1.165, 1.54) is 0 Å². The average Bonchev–Trinajstić information content (AvgIpc) is 3.06. The lowest BCUT2D eigenvalue weighted by Crippen LogP contribution is -2.45. The molecule has 1 atom stereocenters. The van der Waals surface area contributed by atoms with Crippen molar-refractivity contribution in [3.63, 3.8) is 0 Å². The van der Waals surface area contributed by atoms with Gasteiger partial charge in [0.05, 0.1) is 12.2 Å². The van der Waals surface area contributed by atoms with Gasteiger partial charge in [-0.25, -0.2) is 0 Å². The Bertz CT molecular complexity index is 677. The summed E-state index contributed by atoms with van der Waals surface area (Å²) in [4.78, 5) is 21.0. The van der Waals surface area contributed by atoms with Crippen LogP contribution in [0, 0.1) is 6.92 Å². The SMILES string of the molecule is Cc1noc(CC(=O)N2Cc3ccnn3CC[C@H]2CN(C)C)n1. The van der Waals surface area contributed by atoms with Gasteiger partial charge in [-0.1, -0.05) is 5.16 Å². The number of hydrogen-bond donors (Lipinski definition) is 0. The quantitative estimate of drug-likeness (QED) is 0.816. The van der Waals surface area contributed by atoms with Crippen LogP contribution in [0.15, 0.2) is 16.8 Å². The monoisotopic (exact) mass is 318 g/mol. The molecular formula is C15H22N6O2. The Morgan fingerprint density at radius 3 is 3.00 bits per heavy atom. The Labute approximate surface area is 135 Å². The fourth-order valence-electron chi connectivity index (χ4n) is 2.97. The van der Waals surface area contributed by atoms with E-state index in [0.717, 1.165) is 25.2 Å². The molecule has 0 fully saturated rings. The van der Waals surface area contributed by atoms with E-state index in [-0.39, 0.29) is 18.4 Å². The van der Waals surface area contributed by atoms with Crippen LogP contribution in [-0.2, 0) is 24.3 Å². The van der Waals surface area contributed by atoms with Crippen molar-refractivity contribution in [1.82, 2.24) is 29.7 Å². The zero-order chi connectivity index (χ0) is 16.4. The molecule has 0 saturated carbocycles. The number of fused-ring (bicyclic) bond motifs is 1. The van der Waals surface area contributed by atoms with Gasteiger partial charge in [0.15, 0.2) is 5.82 Å². The van der Waals surface area contributed by atoms with Crippen molar-refractivity contribution in [3.8, 4) is 0 Å². The van der Waals surface area contributed by atoms with E-state index in [0.29, 0.717) is 18.3 Å². The first kappa shape index (κ1) is 15.7. The Balaban J connectivity index is 1.79. The lowest BCUT2D eigenvalue weighted by Gasteiger charge is -2.31. The summed E-state index contributed by atoms with van der Waals surface area (Å²) in [5.74, 6) is 0.926. The van der Waals surface area contributed by atoms with Crippen LogP contribution in [0.2, 0.25) is 0 Å². The van der Waals surface area contributed by atoms with E-state index in [1.54, 1.807) is 13.1 Å². The van der Waals surface area contributed by atoms with Crippen molar-refractivity contribution in [2.24, 2.45) is 0 Å². The van der Waals surface area contributed by atoms with Gasteiger partial charge >= 0.3 is 0 Å². The molecule has 3 heterocycles. The summed E-state index contributed by atoms with van der Waals surface area (Å²) in [6.07, 6.45) is 2.80. The van der Waals surface area contributed by atoms with Crippen molar-refractivity contribution >= 4 is 5.91 Å². The largest absolute Gasteiger partial charge is 0.339 e. The summed E-state index contributed by atoms with van der Waals surface area (Å²) < 4.78 is 7.07. The first-order chi connectivity index (χ1) is 11.0. The molecule has 1 aliphatic rings. The number of carbonyl (C=O) groups excluding carboxylic acids is 1. The molecule has 8 heteroatoms. The van der Waals surface area contributed by atoms with Crippen LogP contribution in [0.3, 0.4) is 0 Å². The Kier molecular flexibility index (Phi) is 4.42. The maximum atomic E-state index is 12.8. The predicted octanol–water partition coefficient (Wildman–Crippen LogP) is 0.480. The molecule has 0 N–H and O–H groups in total. The fourth-order valence-corrected chi connectivity index (χ4v) is 2.97. The molecule has 0 aromatic carbocycles. The number of amides is 1. The summed E-state index contributed by atoms with van der Waals surface area (Å²) in [5.41, 5.74) is 1.06. The van der Waals surface area contributed by atoms with Crippen LogP contribution in [-0.4, -0.2) is 62.3 Å². The fraction of sp³-hybridized carbons (Fsp3) is 0.600. The molecule has 8 nitrogen and oxygen atoms in total. The second-order valence-electron chi connectivity index (χ2n) is 6.18. The Morgan fingerprint density at radius 2 is 2.30 bits per heavy atom.